The highest BCUT2D eigenvalue weighted by Crippen LogP contribution is 2.29. The Kier molecular flexibility index (Phi) is 7.60. The molecule has 2 amide bonds. The quantitative estimate of drug-likeness (QED) is 0.678. The largest absolute Gasteiger partial charge is 0.466 e. The van der Waals surface area contributed by atoms with Crippen LogP contribution < -0.4 is 11.1 Å². The molecule has 0 aliphatic carbocycles. The zero-order valence-electron chi connectivity index (χ0n) is 14.4. The molecule has 6 nitrogen and oxygen atoms in total. The summed E-state index contributed by atoms with van der Waals surface area (Å²) in [7, 11) is 0. The van der Waals surface area contributed by atoms with Crippen molar-refractivity contribution in [2.24, 2.45) is 11.7 Å². The number of amides is 2. The van der Waals surface area contributed by atoms with Gasteiger partial charge in [-0.25, -0.2) is 0 Å². The molecule has 0 aliphatic rings. The van der Waals surface area contributed by atoms with Crippen LogP contribution in [0.4, 0.5) is 13.2 Å². The van der Waals surface area contributed by atoms with E-state index in [9.17, 15) is 27.6 Å². The first-order chi connectivity index (χ1) is 12.0. The van der Waals surface area contributed by atoms with E-state index in [0.29, 0.717) is 5.56 Å². The number of benzene rings is 1. The van der Waals surface area contributed by atoms with E-state index in [1.54, 1.807) is 6.92 Å². The molecule has 26 heavy (non-hydrogen) atoms. The Morgan fingerprint density at radius 2 is 1.77 bits per heavy atom. The number of ether oxygens (including phenoxy) is 1. The fourth-order valence-electron chi connectivity index (χ4n) is 2.22. The molecule has 1 aromatic rings. The van der Waals surface area contributed by atoms with Gasteiger partial charge >= 0.3 is 12.1 Å². The molecule has 0 aromatic heterocycles. The summed E-state index contributed by atoms with van der Waals surface area (Å²) in [5, 5.41) is 2.39. The van der Waals surface area contributed by atoms with E-state index < -0.39 is 41.5 Å². The smallest absolute Gasteiger partial charge is 0.416 e. The zero-order valence-corrected chi connectivity index (χ0v) is 14.4. The Balaban J connectivity index is 2.67. The summed E-state index contributed by atoms with van der Waals surface area (Å²) in [4.78, 5) is 35.1. The second-order valence-electron chi connectivity index (χ2n) is 5.78. The van der Waals surface area contributed by atoms with Crippen LogP contribution in [0.1, 0.15) is 31.4 Å². The lowest BCUT2D eigenvalue weighted by Crippen LogP contribution is -2.46. The minimum Gasteiger partial charge on any atom is -0.466 e. The molecule has 144 valence electrons. The number of carbonyl (C=O) groups excluding carboxylic acids is 3. The maximum atomic E-state index is 12.5. The summed E-state index contributed by atoms with van der Waals surface area (Å²) < 4.78 is 42.4. The average molecular weight is 374 g/mol. The minimum absolute atomic E-state index is 0.0348. The van der Waals surface area contributed by atoms with Crippen molar-refractivity contribution < 1.29 is 32.3 Å². The van der Waals surface area contributed by atoms with Gasteiger partial charge in [0.05, 0.1) is 24.5 Å². The molecule has 0 unspecified atom stereocenters. The molecule has 1 rings (SSSR count). The number of carbonyl (C=O) groups is 3. The van der Waals surface area contributed by atoms with Crippen LogP contribution in [0.2, 0.25) is 0 Å². The van der Waals surface area contributed by atoms with Crippen molar-refractivity contribution in [1.82, 2.24) is 5.32 Å². The van der Waals surface area contributed by atoms with Crippen molar-refractivity contribution in [1.29, 1.82) is 0 Å². The van der Waals surface area contributed by atoms with Gasteiger partial charge in [0.15, 0.2) is 0 Å². The van der Waals surface area contributed by atoms with Crippen LogP contribution in [0.5, 0.6) is 0 Å². The number of hydrogen-bond acceptors (Lipinski definition) is 4. The van der Waals surface area contributed by atoms with Crippen molar-refractivity contribution >= 4 is 17.8 Å². The Bertz CT molecular complexity index is 644. The second-order valence-corrected chi connectivity index (χ2v) is 5.78. The van der Waals surface area contributed by atoms with Crippen LogP contribution in [0.15, 0.2) is 24.3 Å². The monoisotopic (exact) mass is 374 g/mol. The first-order valence-corrected chi connectivity index (χ1v) is 7.96. The van der Waals surface area contributed by atoms with Gasteiger partial charge in [-0.1, -0.05) is 19.1 Å². The molecule has 0 radical (unpaired) electrons. The van der Waals surface area contributed by atoms with E-state index in [4.69, 9.17) is 10.5 Å². The molecule has 0 aliphatic heterocycles. The Labute approximate surface area is 148 Å². The van der Waals surface area contributed by atoms with Gasteiger partial charge in [-0.15, -0.1) is 0 Å². The number of hydrogen-bond donors (Lipinski definition) is 2. The summed E-state index contributed by atoms with van der Waals surface area (Å²) in [6.07, 6.45) is -4.72. The molecule has 0 fully saturated rings. The van der Waals surface area contributed by atoms with Crippen LogP contribution in [0, 0.1) is 5.92 Å². The van der Waals surface area contributed by atoms with Crippen molar-refractivity contribution in [3.05, 3.63) is 35.4 Å². The highest BCUT2D eigenvalue weighted by atomic mass is 19.4. The number of rotatable bonds is 8. The van der Waals surface area contributed by atoms with E-state index in [0.717, 1.165) is 12.1 Å². The second kappa shape index (κ2) is 9.21. The number of alkyl halides is 3. The lowest BCUT2D eigenvalue weighted by atomic mass is 10.0. The summed E-state index contributed by atoms with van der Waals surface area (Å²) in [5.41, 5.74) is 4.76. The van der Waals surface area contributed by atoms with Crippen molar-refractivity contribution in [3.63, 3.8) is 0 Å². The van der Waals surface area contributed by atoms with Crippen LogP contribution in [0.3, 0.4) is 0 Å². The van der Waals surface area contributed by atoms with Crippen LogP contribution in [-0.2, 0) is 31.7 Å². The van der Waals surface area contributed by atoms with Crippen LogP contribution >= 0.6 is 0 Å². The number of esters is 1. The molecule has 9 heteroatoms. The fourth-order valence-corrected chi connectivity index (χ4v) is 2.22. The first kappa shape index (κ1) is 21.5. The molecular formula is C17H21F3N2O4. The predicted molar refractivity (Wildman–Crippen MR) is 86.7 cm³/mol. The van der Waals surface area contributed by atoms with E-state index >= 15 is 0 Å². The van der Waals surface area contributed by atoms with Gasteiger partial charge in [0.2, 0.25) is 11.8 Å². The van der Waals surface area contributed by atoms with Crippen molar-refractivity contribution in [3.8, 4) is 0 Å². The Morgan fingerprint density at radius 3 is 2.23 bits per heavy atom. The van der Waals surface area contributed by atoms with E-state index in [-0.39, 0.29) is 19.4 Å². The van der Waals surface area contributed by atoms with Gasteiger partial charge in [0, 0.05) is 0 Å². The highest BCUT2D eigenvalue weighted by Gasteiger charge is 2.30. The SMILES string of the molecule is CCOC(=O)[C@H](C)C[C@H](NC(=O)Cc1ccc(C(F)(F)F)cc1)C(N)=O. The highest BCUT2D eigenvalue weighted by molar-refractivity contribution is 5.88. The molecular weight excluding hydrogens is 353 g/mol. The molecule has 0 bridgehead atoms. The first-order valence-electron chi connectivity index (χ1n) is 7.96. The molecule has 0 heterocycles. The van der Waals surface area contributed by atoms with Crippen molar-refractivity contribution in [2.45, 2.75) is 38.9 Å². The zero-order chi connectivity index (χ0) is 19.9. The third kappa shape index (κ3) is 6.73. The molecule has 0 spiro atoms. The number of primary amides is 1. The third-order valence-corrected chi connectivity index (χ3v) is 3.60. The standard InChI is InChI=1S/C17H21F3N2O4/c1-3-26-16(25)10(2)8-13(15(21)24)22-14(23)9-11-4-6-12(7-5-11)17(18,19)20/h4-7,10,13H,3,8-9H2,1-2H3,(H2,21,24)(H,22,23)/t10-,13+/m1/s1. The number of halogens is 3. The van der Waals surface area contributed by atoms with Gasteiger partial charge in [0.1, 0.15) is 6.04 Å². The van der Waals surface area contributed by atoms with E-state index in [1.807, 2.05) is 0 Å². The van der Waals surface area contributed by atoms with Gasteiger partial charge in [0.25, 0.3) is 0 Å². The maximum absolute atomic E-state index is 12.5. The topological polar surface area (TPSA) is 98.5 Å². The van der Waals surface area contributed by atoms with Gasteiger partial charge in [-0.05, 0) is 31.0 Å². The molecule has 0 saturated carbocycles. The van der Waals surface area contributed by atoms with Crippen LogP contribution in [0.25, 0.3) is 0 Å². The Morgan fingerprint density at radius 1 is 1.19 bits per heavy atom. The van der Waals surface area contributed by atoms with Crippen LogP contribution in [-0.4, -0.2) is 30.4 Å². The summed E-state index contributed by atoms with van der Waals surface area (Å²) >= 11 is 0. The van der Waals surface area contributed by atoms with E-state index in [1.165, 1.54) is 19.1 Å². The maximum Gasteiger partial charge on any atom is 0.416 e. The van der Waals surface area contributed by atoms with Gasteiger partial charge in [-0.3, -0.25) is 14.4 Å². The average Bonchev–Trinajstić information content (AvgIpc) is 2.53. The lowest BCUT2D eigenvalue weighted by Gasteiger charge is -2.19. The van der Waals surface area contributed by atoms with Crippen molar-refractivity contribution in [2.75, 3.05) is 6.61 Å². The molecule has 0 saturated heterocycles. The fraction of sp³-hybridized carbons (Fsp3) is 0.471. The molecule has 3 N–H and O–H groups in total. The third-order valence-electron chi connectivity index (χ3n) is 3.60. The van der Waals surface area contributed by atoms with Gasteiger partial charge < -0.3 is 15.8 Å². The number of nitrogens with two attached hydrogens (primary N) is 1. The number of nitrogens with one attached hydrogen (secondary N) is 1. The van der Waals surface area contributed by atoms with E-state index in [2.05, 4.69) is 5.32 Å². The summed E-state index contributed by atoms with van der Waals surface area (Å²) in [6.45, 7) is 3.36. The Hall–Kier alpha value is -2.58. The summed E-state index contributed by atoms with van der Waals surface area (Å²) in [6, 6.07) is 3.02. The lowest BCUT2D eigenvalue weighted by molar-refractivity contribution is -0.148. The predicted octanol–water partition coefficient (Wildman–Crippen LogP) is 1.81. The normalized spacial score (nSPS) is 13.6. The van der Waals surface area contributed by atoms with Gasteiger partial charge in [-0.2, -0.15) is 13.2 Å². The minimum atomic E-state index is -4.46. The molecule has 2 atom stereocenters. The molecule has 1 aromatic carbocycles. The summed E-state index contributed by atoms with van der Waals surface area (Å²) in [5.74, 6) is -2.58.